The maximum absolute atomic E-state index is 12.6. The monoisotopic (exact) mass is 350 g/mol. The summed E-state index contributed by atoms with van der Waals surface area (Å²) in [6.45, 7) is 6.60. The number of nitrogens with zero attached hydrogens (tertiary/aromatic N) is 1. The van der Waals surface area contributed by atoms with Crippen LogP contribution in [0.15, 0.2) is 24.3 Å². The van der Waals surface area contributed by atoms with Gasteiger partial charge in [-0.3, -0.25) is 9.59 Å². The van der Waals surface area contributed by atoms with Crippen LogP contribution in [-0.4, -0.2) is 42.2 Å². The van der Waals surface area contributed by atoms with E-state index in [0.717, 1.165) is 11.3 Å². The molecule has 1 N–H and O–H groups in total. The lowest BCUT2D eigenvalue weighted by molar-refractivity contribution is -0.139. The third-order valence-electron chi connectivity index (χ3n) is 3.99. The van der Waals surface area contributed by atoms with Crippen molar-refractivity contribution in [1.82, 2.24) is 10.2 Å². The first-order chi connectivity index (χ1) is 11.5. The Morgan fingerprint density at radius 1 is 1.38 bits per heavy atom. The molecule has 0 aromatic heterocycles. The van der Waals surface area contributed by atoms with E-state index in [1.165, 1.54) is 0 Å². The van der Waals surface area contributed by atoms with Crippen LogP contribution in [0.3, 0.4) is 0 Å². The lowest BCUT2D eigenvalue weighted by Crippen LogP contribution is -2.49. The van der Waals surface area contributed by atoms with Crippen molar-refractivity contribution < 1.29 is 14.3 Å². The molecule has 2 atom stereocenters. The normalized spacial score (nSPS) is 18.8. The smallest absolute Gasteiger partial charge is 0.242 e. The molecule has 5 nitrogen and oxygen atoms in total. The Morgan fingerprint density at radius 2 is 2.04 bits per heavy atom. The third-order valence-corrected chi connectivity index (χ3v) is 5.22. The third kappa shape index (κ3) is 4.23. The van der Waals surface area contributed by atoms with Gasteiger partial charge in [0.15, 0.2) is 0 Å². The minimum Gasteiger partial charge on any atom is -0.497 e. The number of carbonyl (C=O) groups is 2. The number of ether oxygens (including phenoxy) is 1. The van der Waals surface area contributed by atoms with Gasteiger partial charge in [0, 0.05) is 6.54 Å². The summed E-state index contributed by atoms with van der Waals surface area (Å²) >= 11 is 1.57. The summed E-state index contributed by atoms with van der Waals surface area (Å²) < 4.78 is 5.20. The van der Waals surface area contributed by atoms with Crippen LogP contribution in [-0.2, 0) is 9.59 Å². The zero-order valence-electron chi connectivity index (χ0n) is 14.7. The molecule has 1 aromatic carbocycles. The SMILES string of the molecule is CCNC(=O)[C@@H](CC(C)C)N1C(=O)CS[C@@H]1c1ccc(OC)cc1. The highest BCUT2D eigenvalue weighted by Crippen LogP contribution is 2.41. The highest BCUT2D eigenvalue weighted by Gasteiger charge is 2.40. The van der Waals surface area contributed by atoms with E-state index in [4.69, 9.17) is 4.74 Å². The predicted octanol–water partition coefficient (Wildman–Crippen LogP) is 2.82. The number of benzene rings is 1. The van der Waals surface area contributed by atoms with E-state index < -0.39 is 6.04 Å². The van der Waals surface area contributed by atoms with E-state index in [-0.39, 0.29) is 17.2 Å². The van der Waals surface area contributed by atoms with Crippen molar-refractivity contribution in [2.75, 3.05) is 19.4 Å². The Balaban J connectivity index is 2.29. The van der Waals surface area contributed by atoms with Crippen LogP contribution in [0, 0.1) is 5.92 Å². The minimum atomic E-state index is -0.431. The molecule has 132 valence electrons. The summed E-state index contributed by atoms with van der Waals surface area (Å²) in [4.78, 5) is 26.8. The molecule has 0 aliphatic carbocycles. The van der Waals surface area contributed by atoms with Crippen molar-refractivity contribution in [2.24, 2.45) is 5.92 Å². The number of hydrogen-bond acceptors (Lipinski definition) is 4. The summed E-state index contributed by atoms with van der Waals surface area (Å²) in [5.41, 5.74) is 1.02. The van der Waals surface area contributed by atoms with E-state index in [2.05, 4.69) is 19.2 Å². The van der Waals surface area contributed by atoms with Crippen molar-refractivity contribution in [3.63, 3.8) is 0 Å². The number of rotatable bonds is 7. The molecule has 2 amide bonds. The number of likely N-dealkylation sites (N-methyl/N-ethyl adjacent to an activating group) is 1. The largest absolute Gasteiger partial charge is 0.497 e. The van der Waals surface area contributed by atoms with Crippen LogP contribution in [0.4, 0.5) is 0 Å². The van der Waals surface area contributed by atoms with Gasteiger partial charge in [-0.2, -0.15) is 0 Å². The van der Waals surface area contributed by atoms with E-state index in [1.807, 2.05) is 31.2 Å². The molecule has 24 heavy (non-hydrogen) atoms. The Kier molecular flexibility index (Phi) is 6.54. The van der Waals surface area contributed by atoms with E-state index in [1.54, 1.807) is 23.8 Å². The summed E-state index contributed by atoms with van der Waals surface area (Å²) in [5, 5.41) is 2.75. The lowest BCUT2D eigenvalue weighted by atomic mass is 10.0. The Hall–Kier alpha value is -1.69. The highest BCUT2D eigenvalue weighted by molar-refractivity contribution is 8.00. The van der Waals surface area contributed by atoms with Crippen LogP contribution in [0.25, 0.3) is 0 Å². The van der Waals surface area contributed by atoms with Crippen molar-refractivity contribution in [2.45, 2.75) is 38.6 Å². The molecule has 0 unspecified atom stereocenters. The topological polar surface area (TPSA) is 58.6 Å². The average molecular weight is 350 g/mol. The van der Waals surface area contributed by atoms with Crippen LogP contribution in [0.5, 0.6) is 5.75 Å². The fourth-order valence-electron chi connectivity index (χ4n) is 2.88. The van der Waals surface area contributed by atoms with Gasteiger partial charge >= 0.3 is 0 Å². The molecular formula is C18H26N2O3S. The van der Waals surface area contributed by atoms with Crippen LogP contribution < -0.4 is 10.1 Å². The fourth-order valence-corrected chi connectivity index (χ4v) is 4.11. The molecule has 1 saturated heterocycles. The molecule has 1 fully saturated rings. The van der Waals surface area contributed by atoms with Gasteiger partial charge in [0.2, 0.25) is 11.8 Å². The van der Waals surface area contributed by atoms with E-state index in [0.29, 0.717) is 24.6 Å². The Morgan fingerprint density at radius 3 is 2.58 bits per heavy atom. The highest BCUT2D eigenvalue weighted by atomic mass is 32.2. The summed E-state index contributed by atoms with van der Waals surface area (Å²) in [6.07, 6.45) is 0.658. The number of methoxy groups -OCH3 is 1. The van der Waals surface area contributed by atoms with Gasteiger partial charge in [0.05, 0.1) is 12.9 Å². The zero-order valence-corrected chi connectivity index (χ0v) is 15.6. The van der Waals surface area contributed by atoms with Gasteiger partial charge in [-0.15, -0.1) is 11.8 Å². The second kappa shape index (κ2) is 8.42. The maximum Gasteiger partial charge on any atom is 0.242 e. The molecule has 1 heterocycles. The first kappa shape index (κ1) is 18.6. The summed E-state index contributed by atoms with van der Waals surface area (Å²) in [6, 6.07) is 7.28. The second-order valence-corrected chi connectivity index (χ2v) is 7.35. The standard InChI is InChI=1S/C18H26N2O3S/c1-5-19-17(22)15(10-12(2)3)20-16(21)11-24-18(20)13-6-8-14(23-4)9-7-13/h6-9,12,15,18H,5,10-11H2,1-4H3,(H,19,22)/t15-,18-/m1/s1. The number of nitrogens with one attached hydrogen (secondary N) is 1. The fraction of sp³-hybridized carbons (Fsp3) is 0.556. The van der Waals surface area contributed by atoms with Crippen LogP contribution in [0.2, 0.25) is 0 Å². The van der Waals surface area contributed by atoms with Crippen LogP contribution in [0.1, 0.15) is 38.1 Å². The van der Waals surface area contributed by atoms with Crippen molar-refractivity contribution in [3.05, 3.63) is 29.8 Å². The number of hydrogen-bond donors (Lipinski definition) is 1. The number of thioether (sulfide) groups is 1. The summed E-state index contributed by atoms with van der Waals surface area (Å²) in [7, 11) is 1.63. The minimum absolute atomic E-state index is 0.0257. The van der Waals surface area contributed by atoms with Crippen molar-refractivity contribution in [3.8, 4) is 5.75 Å². The second-order valence-electron chi connectivity index (χ2n) is 6.28. The maximum atomic E-state index is 12.6. The molecular weight excluding hydrogens is 324 g/mol. The first-order valence-corrected chi connectivity index (χ1v) is 9.37. The van der Waals surface area contributed by atoms with Gasteiger partial charge in [-0.1, -0.05) is 26.0 Å². The number of amides is 2. The molecule has 6 heteroatoms. The van der Waals surface area contributed by atoms with Gasteiger partial charge < -0.3 is 15.0 Å². The van der Waals surface area contributed by atoms with E-state index >= 15 is 0 Å². The molecule has 1 aromatic rings. The molecule has 1 aliphatic rings. The quantitative estimate of drug-likeness (QED) is 0.821. The predicted molar refractivity (Wildman–Crippen MR) is 97.0 cm³/mol. The average Bonchev–Trinajstić information content (AvgIpc) is 2.94. The molecule has 0 saturated carbocycles. The first-order valence-electron chi connectivity index (χ1n) is 8.32. The molecule has 0 radical (unpaired) electrons. The Bertz CT molecular complexity index is 574. The van der Waals surface area contributed by atoms with Gasteiger partial charge in [-0.05, 0) is 37.0 Å². The molecule has 2 rings (SSSR count). The summed E-state index contributed by atoms with van der Waals surface area (Å²) in [5.74, 6) is 1.47. The molecule has 1 aliphatic heterocycles. The van der Waals surface area contributed by atoms with Gasteiger partial charge in [0.25, 0.3) is 0 Å². The van der Waals surface area contributed by atoms with E-state index in [9.17, 15) is 9.59 Å². The molecule has 0 bridgehead atoms. The van der Waals surface area contributed by atoms with Crippen molar-refractivity contribution in [1.29, 1.82) is 0 Å². The lowest BCUT2D eigenvalue weighted by Gasteiger charge is -2.33. The molecule has 0 spiro atoms. The van der Waals surface area contributed by atoms with Gasteiger partial charge in [0.1, 0.15) is 17.2 Å². The zero-order chi connectivity index (χ0) is 17.7. The van der Waals surface area contributed by atoms with Crippen molar-refractivity contribution >= 4 is 23.6 Å². The number of carbonyl (C=O) groups excluding carboxylic acids is 2. The van der Waals surface area contributed by atoms with Crippen LogP contribution >= 0.6 is 11.8 Å². The Labute approximate surface area is 148 Å². The van der Waals surface area contributed by atoms with Gasteiger partial charge in [-0.25, -0.2) is 0 Å².